The molecule has 6 heteroatoms. The van der Waals surface area contributed by atoms with Crippen molar-refractivity contribution < 1.29 is 9.90 Å². The third-order valence-electron chi connectivity index (χ3n) is 2.76. The van der Waals surface area contributed by atoms with Crippen LogP contribution in [0.1, 0.15) is 23.2 Å². The van der Waals surface area contributed by atoms with Gasteiger partial charge >= 0.3 is 5.97 Å². The molecule has 0 aromatic carbocycles. The van der Waals surface area contributed by atoms with Gasteiger partial charge in [0.05, 0.1) is 0 Å². The first-order valence-corrected chi connectivity index (χ1v) is 6.32. The topological polar surface area (TPSA) is 74.2 Å². The molecule has 0 amide bonds. The van der Waals surface area contributed by atoms with E-state index in [4.69, 9.17) is 5.11 Å². The van der Waals surface area contributed by atoms with Crippen LogP contribution in [0, 0.1) is 0 Å². The Bertz CT molecular complexity index is 419. The monoisotopic (exact) mass is 299 g/mol. The van der Waals surface area contributed by atoms with Crippen molar-refractivity contribution in [3.8, 4) is 0 Å². The molecule has 0 spiro atoms. The summed E-state index contributed by atoms with van der Waals surface area (Å²) in [6.45, 7) is 1.91. The molecule has 2 heterocycles. The zero-order valence-corrected chi connectivity index (χ0v) is 10.8. The Morgan fingerprint density at radius 1 is 1.53 bits per heavy atom. The molecule has 2 rings (SSSR count). The van der Waals surface area contributed by atoms with Crippen LogP contribution in [-0.2, 0) is 0 Å². The first kappa shape index (κ1) is 12.3. The van der Waals surface area contributed by atoms with Crippen molar-refractivity contribution in [1.29, 1.82) is 0 Å². The molecule has 5 nitrogen and oxygen atoms in total. The second kappa shape index (κ2) is 5.46. The zero-order chi connectivity index (χ0) is 12.3. The molecule has 0 atom stereocenters. The lowest BCUT2D eigenvalue weighted by atomic mass is 10.1. The van der Waals surface area contributed by atoms with Crippen LogP contribution < -0.4 is 10.6 Å². The summed E-state index contributed by atoms with van der Waals surface area (Å²) in [5, 5.41) is 15.6. The van der Waals surface area contributed by atoms with E-state index in [1.165, 1.54) is 0 Å². The Kier molecular flexibility index (Phi) is 3.96. The molecular weight excluding hydrogens is 286 g/mol. The van der Waals surface area contributed by atoms with E-state index < -0.39 is 5.97 Å². The van der Waals surface area contributed by atoms with Gasteiger partial charge in [-0.15, -0.1) is 0 Å². The minimum atomic E-state index is -0.963. The van der Waals surface area contributed by atoms with Crippen molar-refractivity contribution in [1.82, 2.24) is 10.3 Å². The number of aromatic carboxylic acids is 1. The predicted molar refractivity (Wildman–Crippen MR) is 68.4 cm³/mol. The summed E-state index contributed by atoms with van der Waals surface area (Å²) in [5.74, 6) is -0.511. The van der Waals surface area contributed by atoms with Gasteiger partial charge in [0, 0.05) is 16.7 Å². The fourth-order valence-corrected chi connectivity index (χ4v) is 2.21. The minimum absolute atomic E-state index is 0.206. The molecule has 0 unspecified atom stereocenters. The highest BCUT2D eigenvalue weighted by Gasteiger charge is 2.17. The predicted octanol–water partition coefficient (Wildman–Crippen LogP) is 1.71. The van der Waals surface area contributed by atoms with Crippen molar-refractivity contribution >= 4 is 27.7 Å². The van der Waals surface area contributed by atoms with Crippen LogP contribution in [0.4, 0.5) is 5.82 Å². The summed E-state index contributed by atoms with van der Waals surface area (Å²) in [6.07, 6.45) is 3.57. The Balaban J connectivity index is 2.16. The van der Waals surface area contributed by atoms with E-state index in [2.05, 4.69) is 31.5 Å². The molecule has 0 saturated carbocycles. The Hall–Kier alpha value is -1.14. The SMILES string of the molecule is O=C(O)c1cc(Br)cnc1NC1CCNCC1. The zero-order valence-electron chi connectivity index (χ0n) is 9.24. The summed E-state index contributed by atoms with van der Waals surface area (Å²) < 4.78 is 0.672. The van der Waals surface area contributed by atoms with Crippen LogP contribution in [-0.4, -0.2) is 35.2 Å². The maximum atomic E-state index is 11.1. The number of piperidine rings is 1. The average molecular weight is 300 g/mol. The Morgan fingerprint density at radius 3 is 2.88 bits per heavy atom. The van der Waals surface area contributed by atoms with Crippen molar-refractivity contribution in [3.63, 3.8) is 0 Å². The molecular formula is C11H14BrN3O2. The van der Waals surface area contributed by atoms with Crippen LogP contribution >= 0.6 is 15.9 Å². The van der Waals surface area contributed by atoms with E-state index in [1.54, 1.807) is 12.3 Å². The van der Waals surface area contributed by atoms with Crippen LogP contribution in [0.2, 0.25) is 0 Å². The molecule has 17 heavy (non-hydrogen) atoms. The number of halogens is 1. The summed E-state index contributed by atoms with van der Waals surface area (Å²) in [4.78, 5) is 15.2. The second-order valence-corrected chi connectivity index (χ2v) is 4.94. The first-order chi connectivity index (χ1) is 8.16. The normalized spacial score (nSPS) is 16.8. The largest absolute Gasteiger partial charge is 0.478 e. The lowest BCUT2D eigenvalue weighted by Crippen LogP contribution is -2.35. The molecule has 0 bridgehead atoms. The van der Waals surface area contributed by atoms with Crippen LogP contribution in [0.25, 0.3) is 0 Å². The summed E-state index contributed by atoms with van der Waals surface area (Å²) in [6, 6.07) is 1.86. The number of carbonyl (C=O) groups is 1. The van der Waals surface area contributed by atoms with Gasteiger partial charge in [0.15, 0.2) is 0 Å². The number of carboxylic acid groups (broad SMARTS) is 1. The van der Waals surface area contributed by atoms with Gasteiger partial charge in [-0.05, 0) is 47.9 Å². The summed E-state index contributed by atoms with van der Waals surface area (Å²) in [5.41, 5.74) is 0.206. The molecule has 1 aromatic rings. The fraction of sp³-hybridized carbons (Fsp3) is 0.455. The highest BCUT2D eigenvalue weighted by atomic mass is 79.9. The summed E-state index contributed by atoms with van der Waals surface area (Å²) >= 11 is 3.23. The molecule has 1 aromatic heterocycles. The van der Waals surface area contributed by atoms with E-state index in [9.17, 15) is 4.79 Å². The van der Waals surface area contributed by atoms with Gasteiger partial charge in [-0.1, -0.05) is 0 Å². The van der Waals surface area contributed by atoms with E-state index in [0.29, 0.717) is 16.3 Å². The number of hydrogen-bond donors (Lipinski definition) is 3. The van der Waals surface area contributed by atoms with Gasteiger partial charge in [-0.25, -0.2) is 9.78 Å². The molecule has 0 aliphatic carbocycles. The lowest BCUT2D eigenvalue weighted by Gasteiger charge is -2.24. The van der Waals surface area contributed by atoms with Gasteiger partial charge in [0.2, 0.25) is 0 Å². The van der Waals surface area contributed by atoms with Gasteiger partial charge in [-0.3, -0.25) is 0 Å². The maximum absolute atomic E-state index is 11.1. The highest BCUT2D eigenvalue weighted by Crippen LogP contribution is 2.20. The number of rotatable bonds is 3. The average Bonchev–Trinajstić information content (AvgIpc) is 2.32. The molecule has 0 radical (unpaired) electrons. The lowest BCUT2D eigenvalue weighted by molar-refractivity contribution is 0.0697. The third-order valence-corrected chi connectivity index (χ3v) is 3.20. The van der Waals surface area contributed by atoms with Gasteiger partial charge in [-0.2, -0.15) is 0 Å². The summed E-state index contributed by atoms with van der Waals surface area (Å²) in [7, 11) is 0. The van der Waals surface area contributed by atoms with Crippen molar-refractivity contribution in [2.45, 2.75) is 18.9 Å². The van der Waals surface area contributed by atoms with E-state index in [1.807, 2.05) is 0 Å². The number of hydrogen-bond acceptors (Lipinski definition) is 4. The van der Waals surface area contributed by atoms with Gasteiger partial charge in [0.1, 0.15) is 11.4 Å². The number of carboxylic acids is 1. The third kappa shape index (κ3) is 3.17. The molecule has 1 fully saturated rings. The fourth-order valence-electron chi connectivity index (χ4n) is 1.88. The van der Waals surface area contributed by atoms with Crippen LogP contribution in [0.15, 0.2) is 16.7 Å². The van der Waals surface area contributed by atoms with Crippen molar-refractivity contribution in [3.05, 3.63) is 22.3 Å². The maximum Gasteiger partial charge on any atom is 0.339 e. The number of pyridine rings is 1. The quantitative estimate of drug-likeness (QED) is 0.792. The number of anilines is 1. The number of nitrogens with zero attached hydrogens (tertiary/aromatic N) is 1. The van der Waals surface area contributed by atoms with Gasteiger partial charge < -0.3 is 15.7 Å². The Labute approximate surface area is 108 Å². The number of aromatic nitrogens is 1. The number of nitrogens with one attached hydrogen (secondary N) is 2. The highest BCUT2D eigenvalue weighted by molar-refractivity contribution is 9.10. The smallest absolute Gasteiger partial charge is 0.339 e. The van der Waals surface area contributed by atoms with E-state index >= 15 is 0 Å². The van der Waals surface area contributed by atoms with Crippen LogP contribution in [0.3, 0.4) is 0 Å². The van der Waals surface area contributed by atoms with Crippen molar-refractivity contribution in [2.24, 2.45) is 0 Å². The molecule has 3 N–H and O–H groups in total. The molecule has 1 aliphatic rings. The Morgan fingerprint density at radius 2 is 2.24 bits per heavy atom. The van der Waals surface area contributed by atoms with Crippen LogP contribution in [0.5, 0.6) is 0 Å². The van der Waals surface area contributed by atoms with Gasteiger partial charge in [0.25, 0.3) is 0 Å². The van der Waals surface area contributed by atoms with E-state index in [0.717, 1.165) is 25.9 Å². The standard InChI is InChI=1S/C11H14BrN3O2/c12-7-5-9(11(16)17)10(14-6-7)15-8-1-3-13-4-2-8/h5-6,8,13H,1-4H2,(H,14,15)(H,16,17). The second-order valence-electron chi connectivity index (χ2n) is 4.02. The first-order valence-electron chi connectivity index (χ1n) is 5.53. The molecule has 1 saturated heterocycles. The molecule has 1 aliphatic heterocycles. The van der Waals surface area contributed by atoms with E-state index in [-0.39, 0.29) is 5.56 Å². The van der Waals surface area contributed by atoms with Crippen molar-refractivity contribution in [2.75, 3.05) is 18.4 Å². The molecule has 92 valence electrons. The minimum Gasteiger partial charge on any atom is -0.478 e.